The summed E-state index contributed by atoms with van der Waals surface area (Å²) in [4.78, 5) is 27.3. The van der Waals surface area contributed by atoms with Gasteiger partial charge in [-0.1, -0.05) is 24.3 Å². The minimum absolute atomic E-state index is 0.0334. The lowest BCUT2D eigenvalue weighted by molar-refractivity contribution is -0.192. The first-order chi connectivity index (χ1) is 14.3. The minimum Gasteiger partial charge on any atom is -0.506 e. The summed E-state index contributed by atoms with van der Waals surface area (Å²) in [7, 11) is -3.09. The fourth-order valence-corrected chi connectivity index (χ4v) is 3.22. The van der Waals surface area contributed by atoms with Crippen molar-refractivity contribution in [3.05, 3.63) is 58.6 Å². The molecule has 1 heterocycles. The minimum atomic E-state index is -5.08. The van der Waals surface area contributed by atoms with Crippen molar-refractivity contribution in [2.45, 2.75) is 12.6 Å². The van der Waals surface area contributed by atoms with Gasteiger partial charge in [-0.15, -0.1) is 0 Å². The number of sulfone groups is 1. The number of carboxylic acids is 1. The van der Waals surface area contributed by atoms with Crippen LogP contribution < -0.4 is 5.56 Å². The molecule has 166 valence electrons. The van der Waals surface area contributed by atoms with Crippen molar-refractivity contribution in [1.82, 2.24) is 9.97 Å². The van der Waals surface area contributed by atoms with Crippen molar-refractivity contribution in [1.29, 1.82) is 0 Å². The maximum atomic E-state index is 12.0. The summed E-state index contributed by atoms with van der Waals surface area (Å²) >= 11 is 0. The Morgan fingerprint density at radius 3 is 2.39 bits per heavy atom. The molecule has 0 amide bonds. The molecule has 3 rings (SSSR count). The molecule has 0 saturated carbocycles. The van der Waals surface area contributed by atoms with Crippen molar-refractivity contribution in [3.8, 4) is 16.9 Å². The third-order valence-corrected chi connectivity index (χ3v) is 4.98. The van der Waals surface area contributed by atoms with Gasteiger partial charge >= 0.3 is 12.1 Å². The summed E-state index contributed by atoms with van der Waals surface area (Å²) < 4.78 is 54.6. The molecule has 0 aliphatic carbocycles. The Balaban J connectivity index is 0.000000423. The SMILES string of the molecule is CS(=O)(=O)CCc1ccccc1-c1cc(O)c2nc[nH]c(=O)c2c1.O=C(O)C(F)(F)F. The van der Waals surface area contributed by atoms with E-state index in [1.807, 2.05) is 24.3 Å². The summed E-state index contributed by atoms with van der Waals surface area (Å²) in [5, 5.41) is 17.6. The number of aryl methyl sites for hydroxylation is 1. The summed E-state index contributed by atoms with van der Waals surface area (Å²) in [6.07, 6.45) is -2.29. The Bertz CT molecular complexity index is 1270. The largest absolute Gasteiger partial charge is 0.506 e. The van der Waals surface area contributed by atoms with Crippen LogP contribution in [0.5, 0.6) is 5.75 Å². The highest BCUT2D eigenvalue weighted by Crippen LogP contribution is 2.31. The van der Waals surface area contributed by atoms with E-state index in [9.17, 15) is 31.5 Å². The van der Waals surface area contributed by atoms with Crippen LogP contribution in [0.3, 0.4) is 0 Å². The number of nitrogens with one attached hydrogen (secondary N) is 1. The third kappa shape index (κ3) is 6.54. The van der Waals surface area contributed by atoms with Gasteiger partial charge in [-0.25, -0.2) is 18.2 Å². The van der Waals surface area contributed by atoms with Crippen LogP contribution in [-0.2, 0) is 21.1 Å². The number of rotatable bonds is 4. The lowest BCUT2D eigenvalue weighted by Gasteiger charge is -2.11. The predicted molar refractivity (Wildman–Crippen MR) is 107 cm³/mol. The molecule has 0 aliphatic heterocycles. The number of phenolic OH excluding ortho intramolecular Hbond substituents is 1. The van der Waals surface area contributed by atoms with E-state index < -0.39 is 22.0 Å². The number of hydrogen-bond acceptors (Lipinski definition) is 6. The quantitative estimate of drug-likeness (QED) is 0.546. The number of carbonyl (C=O) groups is 1. The van der Waals surface area contributed by atoms with Crippen LogP contribution >= 0.6 is 0 Å². The lowest BCUT2D eigenvalue weighted by atomic mass is 9.97. The Morgan fingerprint density at radius 1 is 1.19 bits per heavy atom. The van der Waals surface area contributed by atoms with Crippen LogP contribution in [0.15, 0.2) is 47.5 Å². The molecule has 12 heteroatoms. The number of benzene rings is 2. The van der Waals surface area contributed by atoms with Gasteiger partial charge in [-0.2, -0.15) is 13.2 Å². The normalized spacial score (nSPS) is 11.6. The zero-order valence-electron chi connectivity index (χ0n) is 16.0. The number of nitrogens with zero attached hydrogens (tertiary/aromatic N) is 1. The lowest BCUT2D eigenvalue weighted by Crippen LogP contribution is -2.21. The molecule has 8 nitrogen and oxygen atoms in total. The van der Waals surface area contributed by atoms with E-state index in [0.717, 1.165) is 11.1 Å². The molecule has 0 saturated heterocycles. The van der Waals surface area contributed by atoms with Gasteiger partial charge in [0.25, 0.3) is 5.56 Å². The Kier molecular flexibility index (Phi) is 7.05. The van der Waals surface area contributed by atoms with Crippen LogP contribution in [0.1, 0.15) is 5.56 Å². The number of alkyl halides is 3. The topological polar surface area (TPSA) is 137 Å². The van der Waals surface area contributed by atoms with Gasteiger partial charge in [-0.3, -0.25) is 4.79 Å². The number of aromatic nitrogens is 2. The summed E-state index contributed by atoms with van der Waals surface area (Å²) in [6.45, 7) is 0. The molecule has 3 aromatic rings. The smallest absolute Gasteiger partial charge is 0.490 e. The molecule has 0 aliphatic rings. The maximum absolute atomic E-state index is 12.0. The Hall–Kier alpha value is -3.41. The Morgan fingerprint density at radius 2 is 1.81 bits per heavy atom. The van der Waals surface area contributed by atoms with Crippen LogP contribution in [0.4, 0.5) is 13.2 Å². The van der Waals surface area contributed by atoms with Gasteiger partial charge in [0.2, 0.25) is 0 Å². The summed E-state index contributed by atoms with van der Waals surface area (Å²) in [5.41, 5.74) is 2.15. The van der Waals surface area contributed by atoms with E-state index in [1.54, 1.807) is 6.07 Å². The zero-order chi connectivity index (χ0) is 23.4. The number of H-pyrrole nitrogens is 1. The molecule has 0 spiro atoms. The maximum Gasteiger partial charge on any atom is 0.490 e. The van der Waals surface area contributed by atoms with E-state index in [4.69, 9.17) is 9.90 Å². The molecule has 0 fully saturated rings. The van der Waals surface area contributed by atoms with Crippen molar-refractivity contribution < 1.29 is 36.6 Å². The first kappa shape index (κ1) is 23.9. The molecule has 1 aromatic heterocycles. The number of aromatic hydroxyl groups is 1. The summed E-state index contributed by atoms with van der Waals surface area (Å²) in [5.74, 6) is -2.81. The van der Waals surface area contributed by atoms with Crippen LogP contribution in [-0.4, -0.2) is 52.8 Å². The van der Waals surface area contributed by atoms with Crippen molar-refractivity contribution in [3.63, 3.8) is 0 Å². The molecular weight excluding hydrogens is 441 g/mol. The monoisotopic (exact) mass is 458 g/mol. The van der Waals surface area contributed by atoms with E-state index in [0.29, 0.717) is 12.0 Å². The number of aliphatic carboxylic acids is 1. The van der Waals surface area contributed by atoms with Crippen molar-refractivity contribution in [2.24, 2.45) is 0 Å². The third-order valence-electron chi connectivity index (χ3n) is 4.04. The van der Waals surface area contributed by atoms with Crippen molar-refractivity contribution in [2.75, 3.05) is 12.0 Å². The molecular formula is C19H17F3N2O6S. The molecule has 0 atom stereocenters. The van der Waals surface area contributed by atoms with Gasteiger partial charge in [0.15, 0.2) is 0 Å². The first-order valence-corrected chi connectivity index (χ1v) is 10.6. The number of aromatic amines is 1. The van der Waals surface area contributed by atoms with E-state index >= 15 is 0 Å². The molecule has 0 unspecified atom stereocenters. The van der Waals surface area contributed by atoms with Crippen molar-refractivity contribution >= 4 is 26.7 Å². The molecule has 31 heavy (non-hydrogen) atoms. The standard InChI is InChI=1S/C17H16N2O4S.C2HF3O2/c1-24(22,23)7-6-11-4-2-3-5-13(11)12-8-14-16(15(20)9-12)18-10-19-17(14)21;3-2(4,5)1(6)7/h2-5,8-10,20H,6-7H2,1H3,(H,18,19,21);(H,6,7). The van der Waals surface area contributed by atoms with Crippen LogP contribution in [0.25, 0.3) is 22.0 Å². The zero-order valence-corrected chi connectivity index (χ0v) is 16.8. The fraction of sp³-hybridized carbons (Fsp3) is 0.211. The highest BCUT2D eigenvalue weighted by Gasteiger charge is 2.38. The molecule has 0 radical (unpaired) electrons. The molecule has 0 bridgehead atoms. The molecule has 2 aromatic carbocycles. The van der Waals surface area contributed by atoms with Gasteiger partial charge in [0.05, 0.1) is 17.5 Å². The first-order valence-electron chi connectivity index (χ1n) is 8.56. The average Bonchev–Trinajstić information content (AvgIpc) is 2.66. The van der Waals surface area contributed by atoms with E-state index in [1.165, 1.54) is 18.6 Å². The highest BCUT2D eigenvalue weighted by molar-refractivity contribution is 7.90. The fourth-order valence-electron chi connectivity index (χ4n) is 2.63. The average molecular weight is 458 g/mol. The Labute approximate surface area is 173 Å². The predicted octanol–water partition coefficient (Wildman–Crippen LogP) is 2.52. The highest BCUT2D eigenvalue weighted by atomic mass is 32.2. The van der Waals surface area contributed by atoms with Gasteiger partial charge in [0, 0.05) is 6.26 Å². The molecule has 3 N–H and O–H groups in total. The number of carboxylic acid groups (broad SMARTS) is 1. The van der Waals surface area contributed by atoms with Gasteiger partial charge in [-0.05, 0) is 35.2 Å². The second-order valence-corrected chi connectivity index (χ2v) is 8.72. The van der Waals surface area contributed by atoms with Crippen LogP contribution in [0.2, 0.25) is 0 Å². The van der Waals surface area contributed by atoms with E-state index in [-0.39, 0.29) is 28.0 Å². The second-order valence-electron chi connectivity index (χ2n) is 6.46. The van der Waals surface area contributed by atoms with Gasteiger partial charge in [0.1, 0.15) is 21.1 Å². The number of halogens is 3. The van der Waals surface area contributed by atoms with Crippen LogP contribution in [0, 0.1) is 0 Å². The number of hydrogen-bond donors (Lipinski definition) is 3. The summed E-state index contributed by atoms with van der Waals surface area (Å²) in [6, 6.07) is 10.5. The van der Waals surface area contributed by atoms with E-state index in [2.05, 4.69) is 9.97 Å². The number of phenols is 1. The van der Waals surface area contributed by atoms with Gasteiger partial charge < -0.3 is 15.2 Å². The second kappa shape index (κ2) is 9.16. The number of fused-ring (bicyclic) bond motifs is 1.